The zero-order valence-corrected chi connectivity index (χ0v) is 30.2. The molecule has 0 radical (unpaired) electrons. The minimum absolute atomic E-state index is 0.929. The van der Waals surface area contributed by atoms with Gasteiger partial charge in [-0.1, -0.05) is 127 Å². The molecule has 0 saturated heterocycles. The van der Waals surface area contributed by atoms with Crippen molar-refractivity contribution < 1.29 is 4.42 Å². The molecule has 0 saturated carbocycles. The molecule has 12 rings (SSSR count). The lowest BCUT2D eigenvalue weighted by molar-refractivity contribution is 0.669. The summed E-state index contributed by atoms with van der Waals surface area (Å²) in [6.07, 6.45) is 7.05. The molecule has 0 unspecified atom stereocenters. The van der Waals surface area contributed by atoms with Crippen LogP contribution in [0.4, 0.5) is 0 Å². The van der Waals surface area contributed by atoms with Gasteiger partial charge in [0.2, 0.25) is 0 Å². The second-order valence-electron chi connectivity index (χ2n) is 14.6. The van der Waals surface area contributed by atoms with E-state index in [0.29, 0.717) is 0 Å². The van der Waals surface area contributed by atoms with Crippen molar-refractivity contribution in [2.45, 2.75) is 12.8 Å². The summed E-state index contributed by atoms with van der Waals surface area (Å²) >= 11 is 1.89. The largest absolute Gasteiger partial charge is 0.456 e. The number of hydrogen-bond donors (Lipinski definition) is 0. The van der Waals surface area contributed by atoms with E-state index < -0.39 is 0 Å². The van der Waals surface area contributed by atoms with Crippen molar-refractivity contribution >= 4 is 97.9 Å². The van der Waals surface area contributed by atoms with Crippen LogP contribution in [0.2, 0.25) is 0 Å². The van der Waals surface area contributed by atoms with E-state index in [2.05, 4.69) is 170 Å². The summed E-state index contributed by atoms with van der Waals surface area (Å²) in [5.41, 5.74) is 9.54. The second-order valence-corrected chi connectivity index (χ2v) is 15.7. The van der Waals surface area contributed by atoms with Crippen LogP contribution in [-0.2, 0) is 0 Å². The summed E-state index contributed by atoms with van der Waals surface area (Å²) < 4.78 is 9.13. The van der Waals surface area contributed by atoms with Gasteiger partial charge in [-0.3, -0.25) is 0 Å². The molecule has 0 bridgehead atoms. The highest BCUT2D eigenvalue weighted by molar-refractivity contribution is 7.26. The molecule has 0 fully saturated rings. The quantitative estimate of drug-likeness (QED) is 0.178. The minimum atomic E-state index is 0.929. The fourth-order valence-electron chi connectivity index (χ4n) is 9.19. The average Bonchev–Trinajstić information content (AvgIpc) is 3.80. The van der Waals surface area contributed by atoms with E-state index in [1.54, 1.807) is 0 Å². The first-order chi connectivity index (χ1) is 26.8. The third-order valence-electron chi connectivity index (χ3n) is 11.6. The highest BCUT2D eigenvalue weighted by Gasteiger charge is 2.21. The SMILES string of the molecule is C1=c2c(-c3ccc4cc(-c5ccccc5)ccc4c3)c3ccccc3c(-c3cc4c5ccccc5sc4c4cc5oc6ccccc6c5cc34)c2=CCC1. The predicted molar refractivity (Wildman–Crippen MR) is 233 cm³/mol. The molecule has 1 aliphatic carbocycles. The number of thiophene rings is 1. The van der Waals surface area contributed by atoms with Crippen LogP contribution in [0.1, 0.15) is 12.8 Å². The molecular weight excluding hydrogens is 673 g/mol. The zero-order valence-electron chi connectivity index (χ0n) is 29.4. The number of rotatable bonds is 3. The maximum absolute atomic E-state index is 6.51. The molecule has 2 heteroatoms. The van der Waals surface area contributed by atoms with Gasteiger partial charge < -0.3 is 4.42 Å². The molecule has 0 aliphatic heterocycles. The molecule has 0 spiro atoms. The van der Waals surface area contributed by atoms with Gasteiger partial charge in [0, 0.05) is 36.3 Å². The number of para-hydroxylation sites is 1. The number of fused-ring (bicyclic) bond motifs is 11. The van der Waals surface area contributed by atoms with E-state index >= 15 is 0 Å². The lowest BCUT2D eigenvalue weighted by atomic mass is 9.84. The van der Waals surface area contributed by atoms with Gasteiger partial charge in [0.25, 0.3) is 0 Å². The third-order valence-corrected chi connectivity index (χ3v) is 12.9. The van der Waals surface area contributed by atoms with Crippen molar-refractivity contribution in [3.63, 3.8) is 0 Å². The molecule has 0 atom stereocenters. The van der Waals surface area contributed by atoms with E-state index in [4.69, 9.17) is 4.42 Å². The monoisotopic (exact) mass is 704 g/mol. The summed E-state index contributed by atoms with van der Waals surface area (Å²) in [6, 6.07) is 58.2. The van der Waals surface area contributed by atoms with Crippen LogP contribution in [-0.4, -0.2) is 0 Å². The fourth-order valence-corrected chi connectivity index (χ4v) is 10.4. The van der Waals surface area contributed by atoms with E-state index in [9.17, 15) is 0 Å². The normalized spacial score (nSPS) is 13.0. The molecule has 252 valence electrons. The molecule has 0 amide bonds. The summed E-state index contributed by atoms with van der Waals surface area (Å²) in [5, 5.41) is 15.2. The van der Waals surface area contributed by atoms with Crippen molar-refractivity contribution in [2.24, 2.45) is 0 Å². The van der Waals surface area contributed by atoms with Crippen molar-refractivity contribution in [1.29, 1.82) is 0 Å². The lowest BCUT2D eigenvalue weighted by Gasteiger charge is -2.19. The van der Waals surface area contributed by atoms with Gasteiger partial charge in [0.05, 0.1) is 0 Å². The van der Waals surface area contributed by atoms with Crippen molar-refractivity contribution in [3.8, 4) is 33.4 Å². The Balaban J connectivity index is 1.18. The molecule has 1 nitrogen and oxygen atoms in total. The van der Waals surface area contributed by atoms with Crippen LogP contribution >= 0.6 is 11.3 Å². The Labute approximate surface area is 315 Å². The van der Waals surface area contributed by atoms with Crippen LogP contribution in [0.5, 0.6) is 0 Å². The maximum atomic E-state index is 6.51. The van der Waals surface area contributed by atoms with E-state index in [0.717, 1.165) is 34.8 Å². The van der Waals surface area contributed by atoms with Gasteiger partial charge in [0.1, 0.15) is 11.2 Å². The molecule has 0 N–H and O–H groups in total. The van der Waals surface area contributed by atoms with Gasteiger partial charge in [-0.2, -0.15) is 0 Å². The Morgan fingerprint density at radius 3 is 1.83 bits per heavy atom. The predicted octanol–water partition coefficient (Wildman–Crippen LogP) is 13.8. The number of benzene rings is 9. The standard InChI is InChI=1S/C52H32OS/c1-2-12-31(13-3-1)32-22-23-34-27-35(25-24-33(34)26-32)50-38-16-4-6-18-40(38)51(41-19-7-5-17-39(41)50)44-29-45-37-15-9-11-21-49(37)54-52(45)46-30-48-43(28-42(44)46)36-14-8-10-20-47(36)53-48/h1-4,6,8-30H,5,7H2. The van der Waals surface area contributed by atoms with Crippen LogP contribution in [0.15, 0.2) is 162 Å². The Bertz CT molecular complexity index is 3490. The molecule has 54 heavy (non-hydrogen) atoms. The molecule has 2 heterocycles. The number of furan rings is 1. The Morgan fingerprint density at radius 1 is 0.389 bits per heavy atom. The van der Waals surface area contributed by atoms with E-state index in [-0.39, 0.29) is 0 Å². The second kappa shape index (κ2) is 11.5. The van der Waals surface area contributed by atoms with Crippen LogP contribution < -0.4 is 10.4 Å². The first-order valence-corrected chi connectivity index (χ1v) is 19.6. The van der Waals surface area contributed by atoms with E-state index in [1.165, 1.54) is 96.3 Å². The Kier molecular flexibility index (Phi) is 6.40. The lowest BCUT2D eigenvalue weighted by Crippen LogP contribution is -2.31. The Morgan fingerprint density at radius 2 is 1.02 bits per heavy atom. The van der Waals surface area contributed by atoms with Crippen LogP contribution in [0, 0.1) is 0 Å². The molecule has 2 aromatic heterocycles. The van der Waals surface area contributed by atoms with E-state index in [1.807, 2.05) is 11.3 Å². The highest BCUT2D eigenvalue weighted by Crippen LogP contribution is 2.46. The summed E-state index contributed by atoms with van der Waals surface area (Å²) in [4.78, 5) is 0. The topological polar surface area (TPSA) is 13.1 Å². The van der Waals surface area contributed by atoms with Gasteiger partial charge in [-0.15, -0.1) is 11.3 Å². The van der Waals surface area contributed by atoms with Gasteiger partial charge in [-0.25, -0.2) is 0 Å². The van der Waals surface area contributed by atoms with Crippen LogP contribution in [0.25, 0.3) is 120 Å². The molecule has 9 aromatic carbocycles. The maximum Gasteiger partial charge on any atom is 0.136 e. The minimum Gasteiger partial charge on any atom is -0.456 e. The van der Waals surface area contributed by atoms with Gasteiger partial charge in [0.15, 0.2) is 0 Å². The first-order valence-electron chi connectivity index (χ1n) is 18.8. The summed E-state index contributed by atoms with van der Waals surface area (Å²) in [7, 11) is 0. The smallest absolute Gasteiger partial charge is 0.136 e. The zero-order chi connectivity index (χ0) is 35.3. The summed E-state index contributed by atoms with van der Waals surface area (Å²) in [6.45, 7) is 0. The van der Waals surface area contributed by atoms with Crippen LogP contribution in [0.3, 0.4) is 0 Å². The van der Waals surface area contributed by atoms with Crippen molar-refractivity contribution in [1.82, 2.24) is 0 Å². The fraction of sp³-hybridized carbons (Fsp3) is 0.0385. The third kappa shape index (κ3) is 4.38. The molecule has 11 aromatic rings. The van der Waals surface area contributed by atoms with Crippen molar-refractivity contribution in [3.05, 3.63) is 168 Å². The molecule has 1 aliphatic rings. The average molecular weight is 705 g/mol. The molecular formula is C52H32OS. The van der Waals surface area contributed by atoms with Gasteiger partial charge >= 0.3 is 0 Å². The summed E-state index contributed by atoms with van der Waals surface area (Å²) in [5.74, 6) is 0. The highest BCUT2D eigenvalue weighted by atomic mass is 32.1. The van der Waals surface area contributed by atoms with Crippen molar-refractivity contribution in [2.75, 3.05) is 0 Å². The Hall–Kier alpha value is -6.48. The van der Waals surface area contributed by atoms with Gasteiger partial charge in [-0.05, 0) is 126 Å². The first kappa shape index (κ1) is 30.0. The number of hydrogen-bond acceptors (Lipinski definition) is 2.